The Bertz CT molecular complexity index is 1080. The van der Waals surface area contributed by atoms with Crippen LogP contribution in [-0.2, 0) is 11.2 Å². The highest BCUT2D eigenvalue weighted by Gasteiger charge is 2.12. The molecule has 0 saturated carbocycles. The second kappa shape index (κ2) is 8.91. The first-order valence-corrected chi connectivity index (χ1v) is 9.34. The Kier molecular flexibility index (Phi) is 5.70. The molecule has 1 heterocycles. The molecule has 0 fully saturated rings. The van der Waals surface area contributed by atoms with Gasteiger partial charge in [-0.2, -0.15) is 5.10 Å². The molecule has 30 heavy (non-hydrogen) atoms. The van der Waals surface area contributed by atoms with E-state index in [1.807, 2.05) is 36.4 Å². The molecule has 3 aromatic rings. The molecule has 0 bridgehead atoms. The maximum Gasteiger partial charge on any atom is 0.271 e. The number of nitrogens with zero attached hydrogens (tertiary/aromatic N) is 1. The predicted octanol–water partition coefficient (Wildman–Crippen LogP) is 3.36. The van der Waals surface area contributed by atoms with Gasteiger partial charge in [-0.25, -0.2) is 5.43 Å². The molecule has 1 aliphatic rings. The highest BCUT2D eigenvalue weighted by Crippen LogP contribution is 2.31. The molecule has 0 atom stereocenters. The van der Waals surface area contributed by atoms with Crippen LogP contribution >= 0.6 is 0 Å². The number of hydrazone groups is 1. The minimum atomic E-state index is -0.353. The number of amides is 2. The van der Waals surface area contributed by atoms with Gasteiger partial charge in [0.25, 0.3) is 5.91 Å². The van der Waals surface area contributed by atoms with Crippen LogP contribution in [0.3, 0.4) is 0 Å². The van der Waals surface area contributed by atoms with Crippen molar-refractivity contribution in [1.82, 2.24) is 5.43 Å². The lowest BCUT2D eigenvalue weighted by Crippen LogP contribution is -2.18. The fourth-order valence-electron chi connectivity index (χ4n) is 2.91. The second-order valence-electron chi connectivity index (χ2n) is 6.60. The molecular formula is C23H19N3O4. The van der Waals surface area contributed by atoms with E-state index in [1.54, 1.807) is 36.4 Å². The summed E-state index contributed by atoms with van der Waals surface area (Å²) in [4.78, 5) is 24.4. The molecule has 0 radical (unpaired) electrons. The lowest BCUT2D eigenvalue weighted by molar-refractivity contribution is -0.115. The molecule has 7 heteroatoms. The van der Waals surface area contributed by atoms with E-state index in [2.05, 4.69) is 15.8 Å². The fraction of sp³-hybridized carbons (Fsp3) is 0.0870. The van der Waals surface area contributed by atoms with Crippen LogP contribution in [0, 0.1) is 0 Å². The molecular weight excluding hydrogens is 382 g/mol. The summed E-state index contributed by atoms with van der Waals surface area (Å²) >= 11 is 0. The summed E-state index contributed by atoms with van der Waals surface area (Å²) in [5.41, 5.74) is 5.24. The van der Waals surface area contributed by atoms with Gasteiger partial charge in [0.2, 0.25) is 12.7 Å². The summed E-state index contributed by atoms with van der Waals surface area (Å²) in [5, 5.41) is 6.79. The first kappa shape index (κ1) is 19.2. The monoisotopic (exact) mass is 401 g/mol. The number of rotatable bonds is 6. The van der Waals surface area contributed by atoms with E-state index < -0.39 is 0 Å². The largest absolute Gasteiger partial charge is 0.454 e. The summed E-state index contributed by atoms with van der Waals surface area (Å²) in [7, 11) is 0. The van der Waals surface area contributed by atoms with E-state index in [-0.39, 0.29) is 25.0 Å². The van der Waals surface area contributed by atoms with Gasteiger partial charge in [0.15, 0.2) is 11.5 Å². The minimum Gasteiger partial charge on any atom is -0.454 e. The number of ether oxygens (including phenoxy) is 2. The van der Waals surface area contributed by atoms with Crippen molar-refractivity contribution in [2.45, 2.75) is 6.42 Å². The Morgan fingerprint density at radius 2 is 1.70 bits per heavy atom. The smallest absolute Gasteiger partial charge is 0.271 e. The van der Waals surface area contributed by atoms with Gasteiger partial charge in [-0.1, -0.05) is 30.3 Å². The van der Waals surface area contributed by atoms with E-state index in [1.165, 1.54) is 6.21 Å². The molecule has 0 unspecified atom stereocenters. The Balaban J connectivity index is 1.30. The van der Waals surface area contributed by atoms with Crippen molar-refractivity contribution in [3.8, 4) is 11.5 Å². The number of hydrogen-bond donors (Lipinski definition) is 2. The van der Waals surface area contributed by atoms with Crippen molar-refractivity contribution in [2.75, 3.05) is 12.1 Å². The Labute approximate surface area is 173 Å². The van der Waals surface area contributed by atoms with Gasteiger partial charge in [-0.15, -0.1) is 0 Å². The molecule has 150 valence electrons. The molecule has 2 amide bonds. The van der Waals surface area contributed by atoms with Crippen LogP contribution in [0.1, 0.15) is 21.5 Å². The van der Waals surface area contributed by atoms with Crippen molar-refractivity contribution in [2.24, 2.45) is 5.10 Å². The van der Waals surface area contributed by atoms with E-state index >= 15 is 0 Å². The van der Waals surface area contributed by atoms with Gasteiger partial charge in [0.1, 0.15) is 0 Å². The number of benzene rings is 3. The van der Waals surface area contributed by atoms with Crippen LogP contribution in [0.2, 0.25) is 0 Å². The molecule has 0 saturated heterocycles. The number of anilines is 1. The van der Waals surface area contributed by atoms with Crippen molar-refractivity contribution in [3.05, 3.63) is 89.5 Å². The fourth-order valence-corrected chi connectivity index (χ4v) is 2.91. The molecule has 7 nitrogen and oxygen atoms in total. The molecule has 0 aromatic heterocycles. The topological polar surface area (TPSA) is 89.0 Å². The average molecular weight is 401 g/mol. The van der Waals surface area contributed by atoms with Gasteiger partial charge in [0, 0.05) is 11.3 Å². The Morgan fingerprint density at radius 3 is 2.50 bits per heavy atom. The predicted molar refractivity (Wildman–Crippen MR) is 113 cm³/mol. The van der Waals surface area contributed by atoms with Gasteiger partial charge < -0.3 is 14.8 Å². The van der Waals surface area contributed by atoms with Crippen LogP contribution in [0.25, 0.3) is 0 Å². The molecule has 3 aromatic carbocycles. The van der Waals surface area contributed by atoms with Crippen molar-refractivity contribution in [3.63, 3.8) is 0 Å². The number of nitrogens with one attached hydrogen (secondary N) is 2. The molecule has 2 N–H and O–H groups in total. The molecule has 1 aliphatic heterocycles. The zero-order chi connectivity index (χ0) is 20.8. The van der Waals surface area contributed by atoms with E-state index in [0.717, 1.165) is 11.1 Å². The third kappa shape index (κ3) is 4.82. The third-order valence-electron chi connectivity index (χ3n) is 4.41. The summed E-state index contributed by atoms with van der Waals surface area (Å²) in [6.07, 6.45) is 1.82. The Morgan fingerprint density at radius 1 is 0.933 bits per heavy atom. The average Bonchev–Trinajstić information content (AvgIpc) is 3.23. The van der Waals surface area contributed by atoms with Crippen molar-refractivity contribution >= 4 is 23.7 Å². The second-order valence-corrected chi connectivity index (χ2v) is 6.60. The van der Waals surface area contributed by atoms with Crippen molar-refractivity contribution in [1.29, 1.82) is 0 Å². The summed E-state index contributed by atoms with van der Waals surface area (Å²) in [5.74, 6) is 0.864. The van der Waals surface area contributed by atoms with Crippen LogP contribution < -0.4 is 20.2 Å². The van der Waals surface area contributed by atoms with Crippen LogP contribution in [0.5, 0.6) is 11.5 Å². The number of fused-ring (bicyclic) bond motifs is 1. The quantitative estimate of drug-likeness (QED) is 0.490. The Hall–Kier alpha value is -4.13. The third-order valence-corrected chi connectivity index (χ3v) is 4.41. The lowest BCUT2D eigenvalue weighted by Gasteiger charge is -2.06. The van der Waals surface area contributed by atoms with E-state index in [4.69, 9.17) is 9.47 Å². The maximum absolute atomic E-state index is 12.2. The van der Waals surface area contributed by atoms with Gasteiger partial charge in [-0.05, 0) is 53.6 Å². The standard InChI is InChI=1S/C23H19N3O4/c27-22(13-16-4-2-1-3-5-16)25-19-9-7-18(8-10-19)23(28)26-24-14-17-6-11-20-21(12-17)30-15-29-20/h1-12,14H,13,15H2,(H,25,27)(H,26,28)/b24-14-. The maximum atomic E-state index is 12.2. The minimum absolute atomic E-state index is 0.119. The normalized spacial score (nSPS) is 12.0. The molecule has 0 aliphatic carbocycles. The van der Waals surface area contributed by atoms with E-state index in [9.17, 15) is 9.59 Å². The van der Waals surface area contributed by atoms with Crippen LogP contribution in [0.4, 0.5) is 5.69 Å². The first-order chi connectivity index (χ1) is 14.7. The van der Waals surface area contributed by atoms with E-state index in [0.29, 0.717) is 22.7 Å². The molecule has 0 spiro atoms. The van der Waals surface area contributed by atoms with Crippen LogP contribution in [0.15, 0.2) is 77.9 Å². The first-order valence-electron chi connectivity index (χ1n) is 9.34. The number of hydrogen-bond acceptors (Lipinski definition) is 5. The number of carbonyl (C=O) groups is 2. The van der Waals surface area contributed by atoms with Gasteiger partial charge in [0.05, 0.1) is 12.6 Å². The SMILES string of the molecule is O=C(Cc1ccccc1)Nc1ccc(C(=O)N/N=C\c2ccc3c(c2)OCO3)cc1. The highest BCUT2D eigenvalue weighted by molar-refractivity contribution is 5.96. The highest BCUT2D eigenvalue weighted by atomic mass is 16.7. The van der Waals surface area contributed by atoms with Crippen molar-refractivity contribution < 1.29 is 19.1 Å². The van der Waals surface area contributed by atoms with Gasteiger partial charge >= 0.3 is 0 Å². The summed E-state index contributed by atoms with van der Waals surface area (Å²) < 4.78 is 10.6. The summed E-state index contributed by atoms with van der Waals surface area (Å²) in [6.45, 7) is 0.204. The molecule has 4 rings (SSSR count). The zero-order valence-corrected chi connectivity index (χ0v) is 16.0. The lowest BCUT2D eigenvalue weighted by atomic mass is 10.1. The van der Waals surface area contributed by atoms with Gasteiger partial charge in [-0.3, -0.25) is 9.59 Å². The number of carbonyl (C=O) groups excluding carboxylic acids is 2. The van der Waals surface area contributed by atoms with Crippen LogP contribution in [-0.4, -0.2) is 24.8 Å². The summed E-state index contributed by atoms with van der Waals surface area (Å²) in [6, 6.07) is 21.5. The zero-order valence-electron chi connectivity index (χ0n) is 16.0.